The molecule has 2 aromatic heterocycles. The SMILES string of the molecule is CCOC(=O)/C=C/c1nc(N(C(=O)OC(C)(C)C)C2CCCC2)c2cnn([C@@H]3O[C@H](COC(C)(C(=O)OCC)P(=O)(OCC)OCC)[C@H]4OC(C)(C)O[C@H]43)c2n1. The van der Waals surface area contributed by atoms with Crippen molar-refractivity contribution in [3.63, 3.8) is 0 Å². The molecule has 4 heterocycles. The molecule has 1 unspecified atom stereocenters. The van der Waals surface area contributed by atoms with Crippen LogP contribution in [0.5, 0.6) is 0 Å². The van der Waals surface area contributed by atoms with Crippen LogP contribution in [0.3, 0.4) is 0 Å². The van der Waals surface area contributed by atoms with E-state index >= 15 is 0 Å². The average Bonchev–Trinajstić information content (AvgIpc) is 3.91. The maximum Gasteiger partial charge on any atom is 0.416 e. The lowest BCUT2D eigenvalue weighted by atomic mass is 10.1. The molecule has 2 aliphatic heterocycles. The highest BCUT2D eigenvalue weighted by molar-refractivity contribution is 7.56. The summed E-state index contributed by atoms with van der Waals surface area (Å²) >= 11 is 0. The van der Waals surface area contributed by atoms with Crippen molar-refractivity contribution in [1.29, 1.82) is 0 Å². The fourth-order valence-electron chi connectivity index (χ4n) is 6.96. The van der Waals surface area contributed by atoms with E-state index < -0.39 is 66.9 Å². The maximum atomic E-state index is 14.1. The molecular formula is C37H56N5O13P. The molecule has 1 aliphatic carbocycles. The van der Waals surface area contributed by atoms with Gasteiger partial charge in [0.2, 0.25) is 0 Å². The fourth-order valence-corrected chi connectivity index (χ4v) is 8.73. The Hall–Kier alpha value is -3.51. The standard InChI is InChI=1S/C37H56N5O13P/c1-11-47-27(43)20-19-26-39-30(41(23-17-15-16-18-23)34(45)55-35(5,6)7)24-21-38-42(31(24)40-26)32-29-28(53-36(8,9)54-29)25(52-32)22-49-37(10,33(44)48-12-2)56(46,50-13-3)51-14-4/h19-21,23,25,28-29,32H,11-18,22H2,1-10H3/b20-19+/t25-,28-,29-,32-,37?/m1/s1. The summed E-state index contributed by atoms with van der Waals surface area (Å²) in [4.78, 5) is 50.8. The zero-order valence-electron chi connectivity index (χ0n) is 34.0. The Morgan fingerprint density at radius 3 is 2.21 bits per heavy atom. The number of aromatic nitrogens is 4. The van der Waals surface area contributed by atoms with Crippen LogP contribution in [-0.2, 0) is 56.4 Å². The third-order valence-corrected chi connectivity index (χ3v) is 11.8. The van der Waals surface area contributed by atoms with E-state index in [1.54, 1.807) is 67.2 Å². The molecule has 5 atom stereocenters. The lowest BCUT2D eigenvalue weighted by Crippen LogP contribution is -2.44. The first-order chi connectivity index (χ1) is 26.4. The van der Waals surface area contributed by atoms with Crippen molar-refractivity contribution in [3.8, 4) is 0 Å². The van der Waals surface area contributed by atoms with Crippen LogP contribution < -0.4 is 4.90 Å². The van der Waals surface area contributed by atoms with E-state index in [2.05, 4.69) is 0 Å². The van der Waals surface area contributed by atoms with Crippen molar-refractivity contribution < 1.29 is 61.2 Å². The zero-order chi connectivity index (χ0) is 41.1. The first-order valence-corrected chi connectivity index (χ1v) is 20.8. The summed E-state index contributed by atoms with van der Waals surface area (Å²) in [5, 5.41) is 2.95. The number of hydrogen-bond acceptors (Lipinski definition) is 16. The van der Waals surface area contributed by atoms with Crippen molar-refractivity contribution in [2.24, 2.45) is 0 Å². The highest BCUT2D eigenvalue weighted by Gasteiger charge is 2.60. The second kappa shape index (κ2) is 17.5. The third-order valence-electron chi connectivity index (χ3n) is 9.28. The predicted molar refractivity (Wildman–Crippen MR) is 202 cm³/mol. The Balaban J connectivity index is 1.59. The monoisotopic (exact) mass is 809 g/mol. The van der Waals surface area contributed by atoms with Gasteiger partial charge in [0.1, 0.15) is 23.9 Å². The van der Waals surface area contributed by atoms with E-state index in [-0.39, 0.29) is 56.4 Å². The number of amides is 1. The number of fused-ring (bicyclic) bond motifs is 2. The summed E-state index contributed by atoms with van der Waals surface area (Å²) in [6.07, 6.45) is 3.43. The van der Waals surface area contributed by atoms with Crippen molar-refractivity contribution in [1.82, 2.24) is 19.7 Å². The quantitative estimate of drug-likeness (QED) is 0.0819. The van der Waals surface area contributed by atoms with Gasteiger partial charge in [0.05, 0.1) is 44.6 Å². The smallest absolute Gasteiger partial charge is 0.416 e. The van der Waals surface area contributed by atoms with Gasteiger partial charge in [0.25, 0.3) is 5.34 Å². The number of rotatable bonds is 16. The molecule has 0 radical (unpaired) electrons. The molecule has 2 saturated heterocycles. The number of esters is 2. The summed E-state index contributed by atoms with van der Waals surface area (Å²) in [5.74, 6) is -2.25. The molecule has 19 heteroatoms. The Labute approximate surface area is 327 Å². The van der Waals surface area contributed by atoms with Crippen LogP contribution in [0.1, 0.15) is 107 Å². The molecule has 56 heavy (non-hydrogen) atoms. The molecule has 0 aromatic carbocycles. The summed E-state index contributed by atoms with van der Waals surface area (Å²) in [7, 11) is -4.24. The minimum atomic E-state index is -4.24. The molecule has 3 aliphatic rings. The Kier molecular flexibility index (Phi) is 13.7. The summed E-state index contributed by atoms with van der Waals surface area (Å²) in [6.45, 7) is 16.6. The number of nitrogens with zero attached hydrogens (tertiary/aromatic N) is 5. The third kappa shape index (κ3) is 9.27. The van der Waals surface area contributed by atoms with Crippen molar-refractivity contribution in [3.05, 3.63) is 18.1 Å². The second-order valence-corrected chi connectivity index (χ2v) is 17.4. The van der Waals surface area contributed by atoms with Gasteiger partial charge in [-0.1, -0.05) is 12.8 Å². The van der Waals surface area contributed by atoms with E-state index in [9.17, 15) is 18.9 Å². The molecule has 5 rings (SSSR count). The Morgan fingerprint density at radius 2 is 1.61 bits per heavy atom. The van der Waals surface area contributed by atoms with E-state index in [4.69, 9.17) is 57.3 Å². The normalized spacial score (nSPS) is 23.7. The fraction of sp³-hybridized carbons (Fsp3) is 0.730. The minimum Gasteiger partial charge on any atom is -0.463 e. The van der Waals surface area contributed by atoms with Crippen LogP contribution in [0.15, 0.2) is 12.3 Å². The van der Waals surface area contributed by atoms with Gasteiger partial charge in [0, 0.05) is 12.1 Å². The van der Waals surface area contributed by atoms with Gasteiger partial charge in [-0.3, -0.25) is 9.46 Å². The zero-order valence-corrected chi connectivity index (χ0v) is 34.9. The largest absolute Gasteiger partial charge is 0.463 e. The lowest BCUT2D eigenvalue weighted by Gasteiger charge is -2.34. The topological polar surface area (TPSA) is 198 Å². The number of hydrogen-bond donors (Lipinski definition) is 0. The molecule has 1 saturated carbocycles. The molecule has 2 aromatic rings. The minimum absolute atomic E-state index is 0.00678. The van der Waals surface area contributed by atoms with E-state index in [1.165, 1.54) is 30.0 Å². The van der Waals surface area contributed by atoms with Crippen molar-refractivity contribution >= 4 is 48.6 Å². The van der Waals surface area contributed by atoms with Gasteiger partial charge in [-0.2, -0.15) is 5.10 Å². The first-order valence-electron chi connectivity index (χ1n) is 19.2. The molecule has 0 bridgehead atoms. The van der Waals surface area contributed by atoms with Gasteiger partial charge in [-0.25, -0.2) is 29.0 Å². The van der Waals surface area contributed by atoms with Crippen LogP contribution in [-0.4, -0.2) is 112 Å². The number of carbonyl (C=O) groups is 3. The first kappa shape index (κ1) is 43.6. The van der Waals surface area contributed by atoms with Crippen molar-refractivity contribution in [2.75, 3.05) is 37.9 Å². The van der Waals surface area contributed by atoms with Crippen LogP contribution in [0.2, 0.25) is 0 Å². The van der Waals surface area contributed by atoms with Gasteiger partial charge >= 0.3 is 25.6 Å². The highest BCUT2D eigenvalue weighted by atomic mass is 31.2. The summed E-state index contributed by atoms with van der Waals surface area (Å²) < 4.78 is 68.4. The van der Waals surface area contributed by atoms with E-state index in [1.807, 2.05) is 0 Å². The van der Waals surface area contributed by atoms with Gasteiger partial charge in [0.15, 0.2) is 29.3 Å². The van der Waals surface area contributed by atoms with Gasteiger partial charge in [-0.05, 0) is 88.2 Å². The van der Waals surface area contributed by atoms with E-state index in [0.717, 1.165) is 25.7 Å². The second-order valence-electron chi connectivity index (χ2n) is 15.1. The molecule has 1 amide bonds. The van der Waals surface area contributed by atoms with E-state index in [0.29, 0.717) is 5.39 Å². The number of anilines is 1. The number of ether oxygens (including phenoxy) is 7. The molecule has 0 spiro atoms. The number of carbonyl (C=O) groups excluding carboxylic acids is 3. The van der Waals surface area contributed by atoms with Crippen LogP contribution in [0, 0.1) is 0 Å². The van der Waals surface area contributed by atoms with Crippen LogP contribution in [0.4, 0.5) is 10.6 Å². The van der Waals surface area contributed by atoms with Gasteiger partial charge < -0.3 is 42.2 Å². The lowest BCUT2D eigenvalue weighted by molar-refractivity contribution is -0.207. The van der Waals surface area contributed by atoms with Crippen LogP contribution in [0.25, 0.3) is 17.1 Å². The Bertz CT molecular complexity index is 1800. The predicted octanol–water partition coefficient (Wildman–Crippen LogP) is 6.07. The van der Waals surface area contributed by atoms with Gasteiger partial charge in [-0.15, -0.1) is 0 Å². The summed E-state index contributed by atoms with van der Waals surface area (Å²) in [6, 6.07) is -0.216. The average molecular weight is 810 g/mol. The molecule has 312 valence electrons. The Morgan fingerprint density at radius 1 is 0.964 bits per heavy atom. The molecular weight excluding hydrogens is 753 g/mol. The summed E-state index contributed by atoms with van der Waals surface area (Å²) in [5.41, 5.74) is -0.535. The maximum absolute atomic E-state index is 14.1. The molecule has 18 nitrogen and oxygen atoms in total. The highest BCUT2D eigenvalue weighted by Crippen LogP contribution is 2.61. The van der Waals surface area contributed by atoms with Crippen molar-refractivity contribution in [2.45, 2.75) is 142 Å². The van der Waals surface area contributed by atoms with Crippen LogP contribution >= 0.6 is 7.60 Å². The molecule has 3 fully saturated rings. The molecule has 0 N–H and O–H groups in total.